The molecule has 8 heteroatoms. The van der Waals surface area contributed by atoms with Crippen molar-refractivity contribution in [3.8, 4) is 5.75 Å². The molecular formula is C23H23ClN2O4S. The molecule has 2 aliphatic rings. The Bertz CT molecular complexity index is 1000. The van der Waals surface area contributed by atoms with Crippen molar-refractivity contribution in [1.29, 1.82) is 0 Å². The Morgan fingerprint density at radius 2 is 1.71 bits per heavy atom. The van der Waals surface area contributed by atoms with Gasteiger partial charge in [0.1, 0.15) is 5.75 Å². The van der Waals surface area contributed by atoms with E-state index in [9.17, 15) is 9.59 Å². The van der Waals surface area contributed by atoms with Gasteiger partial charge >= 0.3 is 0 Å². The van der Waals surface area contributed by atoms with Gasteiger partial charge in [-0.1, -0.05) is 41.6 Å². The number of carbonyl (C=O) groups is 2. The van der Waals surface area contributed by atoms with Gasteiger partial charge < -0.3 is 9.47 Å². The van der Waals surface area contributed by atoms with Crippen molar-refractivity contribution >= 4 is 40.8 Å². The maximum atomic E-state index is 13.4. The average Bonchev–Trinajstić information content (AvgIpc) is 3.03. The van der Waals surface area contributed by atoms with Crippen molar-refractivity contribution in [2.24, 2.45) is 0 Å². The number of hydrogen-bond donors (Lipinski definition) is 0. The fourth-order valence-electron chi connectivity index (χ4n) is 3.63. The summed E-state index contributed by atoms with van der Waals surface area (Å²) in [5.74, 6) is -0.0128. The first-order valence-electron chi connectivity index (χ1n) is 10.1. The number of para-hydroxylation sites is 1. The second-order valence-corrected chi connectivity index (χ2v) is 8.70. The van der Waals surface area contributed by atoms with E-state index in [1.165, 1.54) is 16.7 Å². The highest BCUT2D eigenvalue weighted by Gasteiger charge is 2.40. The number of benzene rings is 2. The van der Waals surface area contributed by atoms with Crippen LogP contribution in [0.3, 0.4) is 0 Å². The van der Waals surface area contributed by atoms with Gasteiger partial charge in [0.15, 0.2) is 0 Å². The summed E-state index contributed by atoms with van der Waals surface area (Å²) in [5.41, 5.74) is 0.998. The van der Waals surface area contributed by atoms with E-state index in [2.05, 4.69) is 4.90 Å². The summed E-state index contributed by atoms with van der Waals surface area (Å²) in [5, 5.41) is 0.615. The minimum Gasteiger partial charge on any atom is -0.496 e. The van der Waals surface area contributed by atoms with Crippen LogP contribution in [0.1, 0.15) is 5.56 Å². The number of methoxy groups -OCH3 is 1. The zero-order valence-electron chi connectivity index (χ0n) is 17.2. The number of morpholine rings is 1. The van der Waals surface area contributed by atoms with Gasteiger partial charge in [-0.15, -0.1) is 0 Å². The van der Waals surface area contributed by atoms with Crippen molar-refractivity contribution in [3.05, 3.63) is 64.0 Å². The lowest BCUT2D eigenvalue weighted by atomic mass is 10.1. The Balaban J connectivity index is 1.65. The number of halogens is 1. The van der Waals surface area contributed by atoms with Crippen molar-refractivity contribution in [1.82, 2.24) is 9.80 Å². The fraction of sp³-hybridized carbons (Fsp3) is 0.304. The molecule has 0 aliphatic carbocycles. The summed E-state index contributed by atoms with van der Waals surface area (Å²) in [4.78, 5) is 31.6. The quantitative estimate of drug-likeness (QED) is 0.591. The molecule has 0 aromatic heterocycles. The van der Waals surface area contributed by atoms with E-state index < -0.39 is 0 Å². The minimum absolute atomic E-state index is 0.279. The van der Waals surface area contributed by atoms with Gasteiger partial charge in [-0.25, -0.2) is 0 Å². The smallest absolute Gasteiger partial charge is 0.268 e. The number of nitrogens with zero attached hydrogens (tertiary/aromatic N) is 2. The molecule has 2 aromatic rings. The first kappa shape index (κ1) is 21.9. The molecule has 6 nitrogen and oxygen atoms in total. The number of thioether (sulfide) groups is 1. The number of imide groups is 1. The van der Waals surface area contributed by atoms with Crippen LogP contribution in [0.5, 0.6) is 5.75 Å². The largest absolute Gasteiger partial charge is 0.496 e. The first-order valence-corrected chi connectivity index (χ1v) is 11.3. The number of amides is 2. The van der Waals surface area contributed by atoms with Crippen LogP contribution < -0.4 is 4.74 Å². The summed E-state index contributed by atoms with van der Waals surface area (Å²) < 4.78 is 10.9. The van der Waals surface area contributed by atoms with Crippen LogP contribution in [0.25, 0.3) is 5.57 Å². The lowest BCUT2D eigenvalue weighted by Crippen LogP contribution is -2.43. The van der Waals surface area contributed by atoms with Crippen LogP contribution in [0.15, 0.2) is 58.3 Å². The number of ether oxygens (including phenoxy) is 2. The lowest BCUT2D eigenvalue weighted by Gasteiger charge is -2.28. The molecular weight excluding hydrogens is 436 g/mol. The van der Waals surface area contributed by atoms with Crippen LogP contribution in [-0.4, -0.2) is 68.1 Å². The monoisotopic (exact) mass is 458 g/mol. The molecule has 2 heterocycles. The number of hydrogen-bond acceptors (Lipinski definition) is 6. The first-order chi connectivity index (χ1) is 15.1. The van der Waals surface area contributed by atoms with Gasteiger partial charge in [-0.05, 0) is 30.3 Å². The van der Waals surface area contributed by atoms with E-state index in [0.717, 1.165) is 18.0 Å². The van der Waals surface area contributed by atoms with E-state index in [0.29, 0.717) is 53.1 Å². The van der Waals surface area contributed by atoms with Crippen molar-refractivity contribution in [2.45, 2.75) is 4.90 Å². The predicted molar refractivity (Wildman–Crippen MR) is 121 cm³/mol. The average molecular weight is 459 g/mol. The van der Waals surface area contributed by atoms with Crippen LogP contribution in [0.2, 0.25) is 5.02 Å². The van der Waals surface area contributed by atoms with E-state index in [4.69, 9.17) is 21.1 Å². The van der Waals surface area contributed by atoms with Gasteiger partial charge in [-0.2, -0.15) is 0 Å². The molecule has 2 aromatic carbocycles. The van der Waals surface area contributed by atoms with E-state index in [1.54, 1.807) is 25.3 Å². The van der Waals surface area contributed by atoms with Crippen molar-refractivity contribution in [3.63, 3.8) is 0 Å². The van der Waals surface area contributed by atoms with Gasteiger partial charge in [0, 0.05) is 41.7 Å². The highest BCUT2D eigenvalue weighted by Crippen LogP contribution is 2.42. The Kier molecular flexibility index (Phi) is 6.97. The molecule has 0 N–H and O–H groups in total. The molecule has 0 radical (unpaired) electrons. The lowest BCUT2D eigenvalue weighted by molar-refractivity contribution is -0.136. The topological polar surface area (TPSA) is 59.1 Å². The molecule has 0 unspecified atom stereocenters. The third-order valence-corrected chi connectivity index (χ3v) is 6.62. The summed E-state index contributed by atoms with van der Waals surface area (Å²) >= 11 is 7.28. The van der Waals surface area contributed by atoms with E-state index in [1.807, 2.05) is 30.3 Å². The Hall–Kier alpha value is -2.32. The van der Waals surface area contributed by atoms with Crippen LogP contribution in [0.4, 0.5) is 0 Å². The van der Waals surface area contributed by atoms with Gasteiger partial charge in [0.05, 0.1) is 30.8 Å². The number of carbonyl (C=O) groups excluding carboxylic acids is 2. The van der Waals surface area contributed by atoms with Gasteiger partial charge in [-0.3, -0.25) is 19.4 Å². The Morgan fingerprint density at radius 3 is 2.42 bits per heavy atom. The van der Waals surface area contributed by atoms with Crippen LogP contribution in [0, 0.1) is 0 Å². The molecule has 0 saturated carbocycles. The van der Waals surface area contributed by atoms with Crippen molar-refractivity contribution in [2.75, 3.05) is 46.5 Å². The third-order valence-electron chi connectivity index (χ3n) is 5.28. The summed E-state index contributed by atoms with van der Waals surface area (Å²) in [6.07, 6.45) is 0. The molecule has 2 amide bonds. The van der Waals surface area contributed by atoms with Crippen LogP contribution >= 0.6 is 23.4 Å². The zero-order valence-corrected chi connectivity index (χ0v) is 18.7. The maximum absolute atomic E-state index is 13.4. The molecule has 4 rings (SSSR count). The molecule has 162 valence electrons. The maximum Gasteiger partial charge on any atom is 0.268 e. The molecule has 0 atom stereocenters. The molecule has 0 bridgehead atoms. The summed E-state index contributed by atoms with van der Waals surface area (Å²) in [7, 11) is 1.56. The van der Waals surface area contributed by atoms with Gasteiger partial charge in [0.25, 0.3) is 11.8 Å². The third kappa shape index (κ3) is 4.80. The zero-order chi connectivity index (χ0) is 21.8. The summed E-state index contributed by atoms with van der Waals surface area (Å²) in [6.45, 7) is 3.90. The molecule has 1 saturated heterocycles. The standard InChI is InChI=1S/C23H23ClN2O4S/c1-29-19-5-3-2-4-18(19)20-21(31-17-8-6-16(24)7-9-17)23(28)26(22(20)27)11-10-25-12-14-30-15-13-25/h2-9H,10-15H2,1H3. The van der Waals surface area contributed by atoms with E-state index >= 15 is 0 Å². The predicted octanol–water partition coefficient (Wildman–Crippen LogP) is 3.55. The molecule has 2 aliphatic heterocycles. The normalized spacial score (nSPS) is 17.5. The number of rotatable bonds is 7. The van der Waals surface area contributed by atoms with Gasteiger partial charge in [0.2, 0.25) is 0 Å². The van der Waals surface area contributed by atoms with Crippen LogP contribution in [-0.2, 0) is 14.3 Å². The van der Waals surface area contributed by atoms with E-state index in [-0.39, 0.29) is 11.8 Å². The Labute approximate surface area is 190 Å². The molecule has 1 fully saturated rings. The fourth-order valence-corrected chi connectivity index (χ4v) is 4.76. The second-order valence-electron chi connectivity index (χ2n) is 7.18. The highest BCUT2D eigenvalue weighted by molar-refractivity contribution is 8.04. The van der Waals surface area contributed by atoms with Crippen molar-refractivity contribution < 1.29 is 19.1 Å². The summed E-state index contributed by atoms with van der Waals surface area (Å²) in [6, 6.07) is 14.5. The highest BCUT2D eigenvalue weighted by atomic mass is 35.5. The second kappa shape index (κ2) is 9.87. The Morgan fingerprint density at radius 1 is 1.00 bits per heavy atom. The minimum atomic E-state index is -0.292. The molecule has 0 spiro atoms. The SMILES string of the molecule is COc1ccccc1C1=C(Sc2ccc(Cl)cc2)C(=O)N(CCN2CCOCC2)C1=O. The molecule has 31 heavy (non-hydrogen) atoms.